The fourth-order valence-electron chi connectivity index (χ4n) is 3.90. The summed E-state index contributed by atoms with van der Waals surface area (Å²) in [5.74, 6) is -0.673. The zero-order valence-electron chi connectivity index (χ0n) is 20.0. The first-order valence-corrected chi connectivity index (χ1v) is 11.1. The van der Waals surface area contributed by atoms with E-state index >= 15 is 0 Å². The number of fused-ring (bicyclic) bond motifs is 2. The van der Waals surface area contributed by atoms with Crippen LogP contribution in [0, 0.1) is 0 Å². The molecule has 34 heavy (non-hydrogen) atoms. The van der Waals surface area contributed by atoms with Crippen molar-refractivity contribution in [2.75, 3.05) is 30.9 Å². The maximum Gasteiger partial charge on any atom is 0.261 e. The molecule has 2 aromatic heterocycles. The molecule has 9 nitrogen and oxygen atoms in total. The highest BCUT2D eigenvalue weighted by atomic mass is 19.1. The van der Waals surface area contributed by atoms with Crippen molar-refractivity contribution in [2.24, 2.45) is 0 Å². The van der Waals surface area contributed by atoms with Gasteiger partial charge in [0.15, 0.2) is 5.65 Å². The number of anilines is 2. The van der Waals surface area contributed by atoms with Gasteiger partial charge in [0, 0.05) is 38.1 Å². The Kier molecular flexibility index (Phi) is 6.03. The van der Waals surface area contributed by atoms with Gasteiger partial charge in [-0.2, -0.15) is 5.10 Å². The third-order valence-corrected chi connectivity index (χ3v) is 6.01. The topological polar surface area (TPSA) is 103 Å². The molecule has 1 aromatic carbocycles. The number of rotatable bonds is 7. The minimum Gasteiger partial charge on any atom is -0.387 e. The third-order valence-electron chi connectivity index (χ3n) is 6.01. The Labute approximate surface area is 197 Å². The van der Waals surface area contributed by atoms with Gasteiger partial charge in [0.25, 0.3) is 11.8 Å². The number of hydrogen-bond donors (Lipinski definition) is 2. The molecule has 0 aliphatic carbocycles. The summed E-state index contributed by atoms with van der Waals surface area (Å²) in [6, 6.07) is 5.30. The fourth-order valence-corrected chi connectivity index (χ4v) is 3.90. The van der Waals surface area contributed by atoms with Gasteiger partial charge >= 0.3 is 0 Å². The number of nitrogens with one attached hydrogen (secondary N) is 1. The quantitative estimate of drug-likeness (QED) is 0.553. The lowest BCUT2D eigenvalue weighted by Gasteiger charge is -2.26. The number of carbonyl (C=O) groups is 2. The normalized spacial score (nSPS) is 14.4. The highest BCUT2D eigenvalue weighted by Gasteiger charge is 2.35. The van der Waals surface area contributed by atoms with Crippen LogP contribution in [-0.4, -0.2) is 68.8 Å². The monoisotopic (exact) mass is 468 g/mol. The number of halogens is 1. The van der Waals surface area contributed by atoms with Crippen molar-refractivity contribution >= 4 is 28.8 Å². The highest BCUT2D eigenvalue weighted by molar-refractivity contribution is 6.10. The van der Waals surface area contributed by atoms with E-state index in [2.05, 4.69) is 15.4 Å². The van der Waals surface area contributed by atoms with Crippen LogP contribution in [0.25, 0.3) is 5.65 Å². The van der Waals surface area contributed by atoms with Gasteiger partial charge in [-0.25, -0.2) is 13.9 Å². The predicted octanol–water partition coefficient (Wildman–Crippen LogP) is 2.67. The van der Waals surface area contributed by atoms with Crippen LogP contribution >= 0.6 is 0 Å². The summed E-state index contributed by atoms with van der Waals surface area (Å²) >= 11 is 0. The van der Waals surface area contributed by atoms with E-state index < -0.39 is 11.8 Å². The van der Waals surface area contributed by atoms with Crippen LogP contribution in [0.2, 0.25) is 0 Å². The predicted molar refractivity (Wildman–Crippen MR) is 127 cm³/mol. The molecule has 0 radical (unpaired) electrons. The van der Waals surface area contributed by atoms with E-state index in [1.807, 2.05) is 27.1 Å². The van der Waals surface area contributed by atoms with Crippen LogP contribution in [0.15, 0.2) is 30.6 Å². The van der Waals surface area contributed by atoms with Crippen molar-refractivity contribution < 1.29 is 19.1 Å². The smallest absolute Gasteiger partial charge is 0.261 e. The maximum atomic E-state index is 14.4. The van der Waals surface area contributed by atoms with E-state index in [1.54, 1.807) is 27.7 Å². The standard InChI is InChI=1S/C24H29FN6O3/c1-6-15-7-8-31-21(27-15)17(11-26-31)22(32)28-18-9-14-12-30(13-20(25)24(2,3)34)23(33)16(14)10-19(18)29(4)5/h7-11,20,34H,6,12-13H2,1-5H3,(H,28,32)/t20-/m1/s1. The van der Waals surface area contributed by atoms with Crippen LogP contribution < -0.4 is 10.2 Å². The van der Waals surface area contributed by atoms with Crippen molar-refractivity contribution in [2.45, 2.75) is 45.5 Å². The van der Waals surface area contributed by atoms with Crippen molar-refractivity contribution in [1.29, 1.82) is 0 Å². The Morgan fingerprint density at radius 3 is 2.74 bits per heavy atom. The van der Waals surface area contributed by atoms with Crippen LogP contribution in [0.4, 0.5) is 15.8 Å². The fraction of sp³-hybridized carbons (Fsp3) is 0.417. The number of aryl methyl sites for hydroxylation is 1. The Balaban J connectivity index is 1.64. The molecule has 1 atom stereocenters. The zero-order valence-corrected chi connectivity index (χ0v) is 20.0. The zero-order chi connectivity index (χ0) is 24.8. The molecule has 2 amide bonds. The molecule has 1 aliphatic heterocycles. The van der Waals surface area contributed by atoms with Gasteiger partial charge in [-0.05, 0) is 44.0 Å². The lowest BCUT2D eigenvalue weighted by atomic mass is 10.0. The van der Waals surface area contributed by atoms with E-state index in [0.29, 0.717) is 33.7 Å². The number of alkyl halides is 1. The number of nitrogens with zero attached hydrogens (tertiary/aromatic N) is 5. The largest absolute Gasteiger partial charge is 0.387 e. The van der Waals surface area contributed by atoms with E-state index in [0.717, 1.165) is 12.1 Å². The number of benzene rings is 1. The lowest BCUT2D eigenvalue weighted by molar-refractivity contribution is -0.0159. The number of hydrogen-bond acceptors (Lipinski definition) is 6. The molecule has 1 aliphatic rings. The molecular formula is C24H29FN6O3. The second-order valence-electron chi connectivity index (χ2n) is 9.28. The molecule has 0 bridgehead atoms. The summed E-state index contributed by atoms with van der Waals surface area (Å²) < 4.78 is 16.0. The second kappa shape index (κ2) is 8.68. The molecule has 0 spiro atoms. The third kappa shape index (κ3) is 4.33. The van der Waals surface area contributed by atoms with Gasteiger partial charge in [0.2, 0.25) is 0 Å². The van der Waals surface area contributed by atoms with Gasteiger partial charge in [-0.3, -0.25) is 9.59 Å². The number of aliphatic hydroxyl groups is 1. The van der Waals surface area contributed by atoms with Crippen molar-refractivity contribution in [3.05, 3.63) is 53.0 Å². The van der Waals surface area contributed by atoms with E-state index in [-0.39, 0.29) is 24.9 Å². The minimum absolute atomic E-state index is 0.194. The molecule has 0 fully saturated rings. The van der Waals surface area contributed by atoms with E-state index in [1.165, 1.54) is 24.9 Å². The summed E-state index contributed by atoms with van der Waals surface area (Å²) in [6.07, 6.45) is 2.39. The summed E-state index contributed by atoms with van der Waals surface area (Å²) in [6.45, 7) is 4.72. The Hall–Kier alpha value is -3.53. The number of aromatic nitrogens is 3. The molecule has 0 saturated carbocycles. The average Bonchev–Trinajstić information content (AvgIpc) is 3.32. The molecule has 2 N–H and O–H groups in total. The molecule has 10 heteroatoms. The first-order chi connectivity index (χ1) is 16.0. The summed E-state index contributed by atoms with van der Waals surface area (Å²) in [7, 11) is 3.62. The van der Waals surface area contributed by atoms with Crippen molar-refractivity contribution in [3.8, 4) is 0 Å². The van der Waals surface area contributed by atoms with Gasteiger partial charge < -0.3 is 20.2 Å². The van der Waals surface area contributed by atoms with Crippen LogP contribution in [-0.2, 0) is 13.0 Å². The van der Waals surface area contributed by atoms with Gasteiger partial charge in [-0.15, -0.1) is 0 Å². The van der Waals surface area contributed by atoms with Crippen LogP contribution in [0.3, 0.4) is 0 Å². The maximum absolute atomic E-state index is 14.4. The Morgan fingerprint density at radius 1 is 1.35 bits per heavy atom. The Morgan fingerprint density at radius 2 is 2.09 bits per heavy atom. The molecule has 0 unspecified atom stereocenters. The minimum atomic E-state index is -1.59. The van der Waals surface area contributed by atoms with Crippen molar-refractivity contribution in [1.82, 2.24) is 19.5 Å². The molecular weight excluding hydrogens is 439 g/mol. The lowest BCUT2D eigenvalue weighted by Crippen LogP contribution is -2.42. The first kappa shape index (κ1) is 23.6. The van der Waals surface area contributed by atoms with Gasteiger partial charge in [0.05, 0.1) is 29.7 Å². The van der Waals surface area contributed by atoms with Crippen LogP contribution in [0.1, 0.15) is 52.7 Å². The number of amides is 2. The molecule has 180 valence electrons. The van der Waals surface area contributed by atoms with Gasteiger partial charge in [0.1, 0.15) is 11.7 Å². The van der Waals surface area contributed by atoms with Crippen LogP contribution in [0.5, 0.6) is 0 Å². The second-order valence-corrected chi connectivity index (χ2v) is 9.28. The van der Waals surface area contributed by atoms with Gasteiger partial charge in [-0.1, -0.05) is 6.92 Å². The highest BCUT2D eigenvalue weighted by Crippen LogP contribution is 2.34. The summed E-state index contributed by atoms with van der Waals surface area (Å²) in [5, 5.41) is 17.1. The average molecular weight is 469 g/mol. The molecule has 4 rings (SSSR count). The number of carbonyl (C=O) groups excluding carboxylic acids is 2. The first-order valence-electron chi connectivity index (χ1n) is 11.1. The molecule has 0 saturated heterocycles. The van der Waals surface area contributed by atoms with Crippen molar-refractivity contribution in [3.63, 3.8) is 0 Å². The van der Waals surface area contributed by atoms with E-state index in [9.17, 15) is 19.1 Å². The SMILES string of the molecule is CCc1ccn2ncc(C(=O)Nc3cc4c(cc3N(C)C)C(=O)N(C[C@@H](F)C(C)(C)O)C4)c2n1. The summed E-state index contributed by atoms with van der Waals surface area (Å²) in [5.41, 5.74) is 2.39. The summed E-state index contributed by atoms with van der Waals surface area (Å²) in [4.78, 5) is 33.8. The Bertz CT molecular complexity index is 1260. The molecule has 3 heterocycles. The van der Waals surface area contributed by atoms with E-state index in [4.69, 9.17) is 0 Å². The molecule has 3 aromatic rings.